The van der Waals surface area contributed by atoms with Gasteiger partial charge in [-0.1, -0.05) is 31.2 Å². The van der Waals surface area contributed by atoms with Gasteiger partial charge in [-0.2, -0.15) is 0 Å². The molecular weight excluding hydrogens is 214 g/mol. The van der Waals surface area contributed by atoms with Crippen LogP contribution in [0.25, 0.3) is 10.8 Å². The van der Waals surface area contributed by atoms with E-state index in [0.717, 1.165) is 22.2 Å². The molecule has 2 rings (SSSR count). The van der Waals surface area contributed by atoms with Gasteiger partial charge in [0.2, 0.25) is 0 Å². The number of rotatable bonds is 4. The highest BCUT2D eigenvalue weighted by Crippen LogP contribution is 2.30. The van der Waals surface area contributed by atoms with Gasteiger partial charge in [0, 0.05) is 29.0 Å². The first-order chi connectivity index (χ1) is 8.22. The minimum atomic E-state index is 0.131. The summed E-state index contributed by atoms with van der Waals surface area (Å²) in [5, 5.41) is 11.0. The molecule has 17 heavy (non-hydrogen) atoms. The lowest BCUT2D eigenvalue weighted by Gasteiger charge is -2.13. The van der Waals surface area contributed by atoms with Crippen LogP contribution in [0.3, 0.4) is 0 Å². The summed E-state index contributed by atoms with van der Waals surface area (Å²) in [4.78, 5) is 0. The van der Waals surface area contributed by atoms with E-state index in [1.54, 1.807) is 0 Å². The quantitative estimate of drug-likeness (QED) is 0.794. The second-order valence-corrected chi connectivity index (χ2v) is 4.30. The van der Waals surface area contributed by atoms with Crippen LogP contribution in [-0.2, 0) is 0 Å². The van der Waals surface area contributed by atoms with Gasteiger partial charge in [0.05, 0.1) is 6.61 Å². The molecule has 3 heteroatoms. The van der Waals surface area contributed by atoms with Crippen LogP contribution < -0.4 is 10.5 Å². The molecule has 1 unspecified atom stereocenters. The highest BCUT2D eigenvalue weighted by molar-refractivity contribution is 5.96. The van der Waals surface area contributed by atoms with Gasteiger partial charge in [0.25, 0.3) is 0 Å². The largest absolute Gasteiger partial charge is 0.493 e. The average molecular weight is 231 g/mol. The van der Waals surface area contributed by atoms with Crippen molar-refractivity contribution in [2.45, 2.75) is 6.92 Å². The molecule has 0 spiro atoms. The molecule has 0 saturated heterocycles. The SMILES string of the molecule is CC(CO)COc1ccc(N)c2ccccc12. The van der Waals surface area contributed by atoms with Crippen molar-refractivity contribution in [3.63, 3.8) is 0 Å². The Morgan fingerprint density at radius 1 is 1.18 bits per heavy atom. The van der Waals surface area contributed by atoms with Crippen LogP contribution in [0.2, 0.25) is 0 Å². The van der Waals surface area contributed by atoms with Crippen molar-refractivity contribution in [2.75, 3.05) is 18.9 Å². The first kappa shape index (κ1) is 11.7. The van der Waals surface area contributed by atoms with Crippen LogP contribution in [0.5, 0.6) is 5.75 Å². The summed E-state index contributed by atoms with van der Waals surface area (Å²) in [6, 6.07) is 11.6. The summed E-state index contributed by atoms with van der Waals surface area (Å²) in [5.41, 5.74) is 6.66. The number of fused-ring (bicyclic) bond motifs is 1. The predicted octanol–water partition coefficient (Wildman–Crippen LogP) is 2.43. The van der Waals surface area contributed by atoms with Crippen LogP contribution in [0, 0.1) is 5.92 Å². The molecule has 3 nitrogen and oxygen atoms in total. The molecule has 2 aromatic carbocycles. The summed E-state index contributed by atoms with van der Waals surface area (Å²) >= 11 is 0. The van der Waals surface area contributed by atoms with E-state index in [0.29, 0.717) is 6.61 Å². The Morgan fingerprint density at radius 3 is 2.59 bits per heavy atom. The molecule has 90 valence electrons. The van der Waals surface area contributed by atoms with Crippen molar-refractivity contribution in [1.29, 1.82) is 0 Å². The Balaban J connectivity index is 2.32. The van der Waals surface area contributed by atoms with Gasteiger partial charge in [-0.3, -0.25) is 0 Å². The van der Waals surface area contributed by atoms with Crippen molar-refractivity contribution >= 4 is 16.5 Å². The summed E-state index contributed by atoms with van der Waals surface area (Å²) < 4.78 is 5.71. The zero-order valence-corrected chi connectivity index (χ0v) is 9.89. The van der Waals surface area contributed by atoms with Crippen LogP contribution >= 0.6 is 0 Å². The van der Waals surface area contributed by atoms with Crippen LogP contribution in [-0.4, -0.2) is 18.3 Å². The topological polar surface area (TPSA) is 55.5 Å². The third-order valence-corrected chi connectivity index (χ3v) is 2.75. The lowest BCUT2D eigenvalue weighted by molar-refractivity contribution is 0.175. The van der Waals surface area contributed by atoms with Crippen molar-refractivity contribution in [2.24, 2.45) is 5.92 Å². The fourth-order valence-corrected chi connectivity index (χ4v) is 1.71. The lowest BCUT2D eigenvalue weighted by atomic mass is 10.1. The molecule has 0 amide bonds. The van der Waals surface area contributed by atoms with Crippen LogP contribution in [0.15, 0.2) is 36.4 Å². The number of nitrogens with two attached hydrogens (primary N) is 1. The van der Waals surface area contributed by atoms with Crippen LogP contribution in [0.4, 0.5) is 5.69 Å². The van der Waals surface area contributed by atoms with Crippen molar-refractivity contribution in [3.05, 3.63) is 36.4 Å². The highest BCUT2D eigenvalue weighted by atomic mass is 16.5. The number of hydrogen-bond acceptors (Lipinski definition) is 3. The Labute approximate surface area is 101 Å². The van der Waals surface area contributed by atoms with E-state index in [4.69, 9.17) is 15.6 Å². The first-order valence-electron chi connectivity index (χ1n) is 5.73. The number of aliphatic hydroxyl groups excluding tert-OH is 1. The third kappa shape index (κ3) is 2.50. The Bertz CT molecular complexity index is 511. The molecule has 1 atom stereocenters. The van der Waals surface area contributed by atoms with Gasteiger partial charge in [0.15, 0.2) is 0 Å². The average Bonchev–Trinajstić information content (AvgIpc) is 2.38. The molecule has 0 aliphatic heterocycles. The van der Waals surface area contributed by atoms with Crippen LogP contribution in [0.1, 0.15) is 6.92 Å². The highest BCUT2D eigenvalue weighted by Gasteiger charge is 2.06. The van der Waals surface area contributed by atoms with Crippen molar-refractivity contribution < 1.29 is 9.84 Å². The monoisotopic (exact) mass is 231 g/mol. The molecule has 0 aromatic heterocycles. The molecule has 0 radical (unpaired) electrons. The lowest BCUT2D eigenvalue weighted by Crippen LogP contribution is -2.12. The molecule has 0 saturated carbocycles. The number of hydrogen-bond donors (Lipinski definition) is 2. The molecule has 3 N–H and O–H groups in total. The molecule has 0 bridgehead atoms. The third-order valence-electron chi connectivity index (χ3n) is 2.75. The molecule has 0 heterocycles. The van der Waals surface area contributed by atoms with Crippen molar-refractivity contribution in [3.8, 4) is 5.75 Å². The summed E-state index contributed by atoms with van der Waals surface area (Å²) in [6.07, 6.45) is 0. The summed E-state index contributed by atoms with van der Waals surface area (Å²) in [6.45, 7) is 2.58. The summed E-state index contributed by atoms with van der Waals surface area (Å²) in [5.74, 6) is 0.946. The number of aliphatic hydroxyl groups is 1. The maximum Gasteiger partial charge on any atom is 0.127 e. The number of ether oxygens (including phenoxy) is 1. The van der Waals surface area contributed by atoms with Crippen molar-refractivity contribution in [1.82, 2.24) is 0 Å². The van der Waals surface area contributed by atoms with E-state index in [-0.39, 0.29) is 12.5 Å². The van der Waals surface area contributed by atoms with E-state index in [1.807, 2.05) is 43.3 Å². The fraction of sp³-hybridized carbons (Fsp3) is 0.286. The van der Waals surface area contributed by atoms with Gasteiger partial charge >= 0.3 is 0 Å². The zero-order chi connectivity index (χ0) is 12.3. The molecule has 0 aliphatic rings. The summed E-state index contributed by atoms with van der Waals surface area (Å²) in [7, 11) is 0. The van der Waals surface area contributed by atoms with E-state index in [1.165, 1.54) is 0 Å². The number of nitrogen functional groups attached to an aromatic ring is 1. The molecule has 2 aromatic rings. The van der Waals surface area contributed by atoms with Gasteiger partial charge in [-0.05, 0) is 12.1 Å². The molecular formula is C14H17NO2. The zero-order valence-electron chi connectivity index (χ0n) is 9.89. The van der Waals surface area contributed by atoms with Gasteiger partial charge in [-0.25, -0.2) is 0 Å². The minimum Gasteiger partial charge on any atom is -0.493 e. The van der Waals surface area contributed by atoms with Gasteiger partial charge in [-0.15, -0.1) is 0 Å². The van der Waals surface area contributed by atoms with Gasteiger partial charge < -0.3 is 15.6 Å². The van der Waals surface area contributed by atoms with E-state index in [9.17, 15) is 0 Å². The number of anilines is 1. The number of benzene rings is 2. The maximum absolute atomic E-state index is 8.97. The Kier molecular flexibility index (Phi) is 3.49. The van der Waals surface area contributed by atoms with Gasteiger partial charge in [0.1, 0.15) is 5.75 Å². The van der Waals surface area contributed by atoms with E-state index < -0.39 is 0 Å². The predicted molar refractivity (Wildman–Crippen MR) is 70.1 cm³/mol. The second kappa shape index (κ2) is 5.06. The van der Waals surface area contributed by atoms with E-state index >= 15 is 0 Å². The molecule has 0 fully saturated rings. The molecule has 0 aliphatic carbocycles. The Morgan fingerprint density at radius 2 is 1.88 bits per heavy atom. The minimum absolute atomic E-state index is 0.131. The first-order valence-corrected chi connectivity index (χ1v) is 5.73. The fourth-order valence-electron chi connectivity index (χ4n) is 1.71. The normalized spacial score (nSPS) is 12.6. The van der Waals surface area contributed by atoms with E-state index in [2.05, 4.69) is 0 Å². The maximum atomic E-state index is 8.97. The Hall–Kier alpha value is -1.74. The smallest absolute Gasteiger partial charge is 0.127 e. The standard InChI is InChI=1S/C14H17NO2/c1-10(8-16)9-17-14-7-6-13(15)11-4-2-3-5-12(11)14/h2-7,10,16H,8-9,15H2,1H3. The second-order valence-electron chi connectivity index (χ2n) is 4.30.